The summed E-state index contributed by atoms with van der Waals surface area (Å²) in [6.07, 6.45) is 0.503. The molecule has 1 amide bonds. The number of carboxylic acid groups (broad SMARTS) is 1. The van der Waals surface area contributed by atoms with Crippen LogP contribution in [0.1, 0.15) is 50.6 Å². The van der Waals surface area contributed by atoms with Crippen LogP contribution >= 0.6 is 0 Å². The van der Waals surface area contributed by atoms with E-state index in [0.717, 1.165) is 44.2 Å². The normalized spacial score (nSPS) is 12.0. The molecule has 6 rings (SSSR count). The second-order valence-electron chi connectivity index (χ2n) is 10.3. The SMILES string of the molecule is C[C@H](NC(=O)c1cc(-c2ccc(F)cc2)cc2ccc(Cc3ccc4ccc(F)cc4c3)n12)c1ccc(C(=O)O)cc1. The quantitative estimate of drug-likeness (QED) is 0.209. The Hall–Kier alpha value is -5.30. The van der Waals surface area contributed by atoms with Crippen molar-refractivity contribution in [2.75, 3.05) is 0 Å². The molecule has 1 atom stereocenters. The van der Waals surface area contributed by atoms with Crippen molar-refractivity contribution in [3.05, 3.63) is 149 Å². The van der Waals surface area contributed by atoms with Gasteiger partial charge in [0.05, 0.1) is 11.6 Å². The maximum absolute atomic E-state index is 13.9. The fourth-order valence-electron chi connectivity index (χ4n) is 5.28. The summed E-state index contributed by atoms with van der Waals surface area (Å²) in [5.74, 6) is -1.99. The lowest BCUT2D eigenvalue weighted by molar-refractivity contribution is 0.0696. The predicted molar refractivity (Wildman–Crippen MR) is 159 cm³/mol. The van der Waals surface area contributed by atoms with Crippen molar-refractivity contribution in [3.8, 4) is 11.1 Å². The van der Waals surface area contributed by atoms with Crippen molar-refractivity contribution in [3.63, 3.8) is 0 Å². The Bertz CT molecular complexity index is 1960. The van der Waals surface area contributed by atoms with Crippen LogP contribution in [0.25, 0.3) is 27.4 Å². The third-order valence-electron chi connectivity index (χ3n) is 7.50. The van der Waals surface area contributed by atoms with E-state index >= 15 is 0 Å². The molecule has 6 aromatic rings. The highest BCUT2D eigenvalue weighted by atomic mass is 19.1. The zero-order valence-corrected chi connectivity index (χ0v) is 22.6. The number of nitrogens with one attached hydrogen (secondary N) is 1. The largest absolute Gasteiger partial charge is 0.478 e. The van der Waals surface area contributed by atoms with Crippen molar-refractivity contribution in [2.45, 2.75) is 19.4 Å². The van der Waals surface area contributed by atoms with E-state index in [-0.39, 0.29) is 23.1 Å². The summed E-state index contributed by atoms with van der Waals surface area (Å²) in [7, 11) is 0. The number of aromatic carboxylic acids is 1. The maximum Gasteiger partial charge on any atom is 0.335 e. The number of hydrogen-bond acceptors (Lipinski definition) is 2. The van der Waals surface area contributed by atoms with E-state index in [0.29, 0.717) is 12.1 Å². The highest BCUT2D eigenvalue weighted by Gasteiger charge is 2.19. The van der Waals surface area contributed by atoms with Crippen LogP contribution in [0.4, 0.5) is 8.78 Å². The van der Waals surface area contributed by atoms with E-state index in [1.165, 1.54) is 36.4 Å². The molecule has 208 valence electrons. The molecule has 0 fully saturated rings. The lowest BCUT2D eigenvalue weighted by Crippen LogP contribution is -2.28. The molecule has 7 heteroatoms. The van der Waals surface area contributed by atoms with Crippen LogP contribution in [0.15, 0.2) is 109 Å². The van der Waals surface area contributed by atoms with Gasteiger partial charge in [-0.3, -0.25) is 4.79 Å². The molecule has 42 heavy (non-hydrogen) atoms. The summed E-state index contributed by atoms with van der Waals surface area (Å²) in [4.78, 5) is 25.1. The number of benzene rings is 4. The van der Waals surface area contributed by atoms with Gasteiger partial charge in [0.25, 0.3) is 5.91 Å². The third kappa shape index (κ3) is 5.37. The lowest BCUT2D eigenvalue weighted by Gasteiger charge is -2.18. The summed E-state index contributed by atoms with van der Waals surface area (Å²) in [6, 6.07) is 30.3. The Labute approximate surface area is 240 Å². The molecule has 0 saturated carbocycles. The first kappa shape index (κ1) is 26.9. The van der Waals surface area contributed by atoms with Gasteiger partial charge in [-0.25, -0.2) is 13.6 Å². The van der Waals surface area contributed by atoms with Gasteiger partial charge in [-0.1, -0.05) is 48.5 Å². The van der Waals surface area contributed by atoms with Gasteiger partial charge < -0.3 is 14.8 Å². The maximum atomic E-state index is 13.9. The minimum atomic E-state index is -1.02. The van der Waals surface area contributed by atoms with Crippen LogP contribution in [-0.2, 0) is 6.42 Å². The molecular weight excluding hydrogens is 534 g/mol. The van der Waals surface area contributed by atoms with Crippen molar-refractivity contribution in [2.24, 2.45) is 0 Å². The fourth-order valence-corrected chi connectivity index (χ4v) is 5.28. The molecule has 2 heterocycles. The number of carbonyl (C=O) groups is 2. The second-order valence-corrected chi connectivity index (χ2v) is 10.3. The Morgan fingerprint density at radius 2 is 1.48 bits per heavy atom. The molecule has 0 unspecified atom stereocenters. The summed E-state index contributed by atoms with van der Waals surface area (Å²) in [5, 5.41) is 14.0. The first-order valence-electron chi connectivity index (χ1n) is 13.5. The number of aromatic nitrogens is 1. The van der Waals surface area contributed by atoms with Gasteiger partial charge in [0.15, 0.2) is 0 Å². The molecule has 4 aromatic carbocycles. The molecule has 0 aliphatic heterocycles. The van der Waals surface area contributed by atoms with Crippen molar-refractivity contribution in [1.82, 2.24) is 9.72 Å². The summed E-state index contributed by atoms with van der Waals surface area (Å²) < 4.78 is 29.4. The van der Waals surface area contributed by atoms with Crippen molar-refractivity contribution < 1.29 is 23.5 Å². The predicted octanol–water partition coefficient (Wildman–Crippen LogP) is 7.82. The molecular formula is C35H26F2N2O3. The van der Waals surface area contributed by atoms with E-state index < -0.39 is 12.0 Å². The average molecular weight is 561 g/mol. The van der Waals surface area contributed by atoms with E-state index in [1.54, 1.807) is 36.4 Å². The number of carbonyl (C=O) groups excluding carboxylic acids is 1. The Balaban J connectivity index is 1.40. The summed E-state index contributed by atoms with van der Waals surface area (Å²) >= 11 is 0. The van der Waals surface area contributed by atoms with E-state index in [9.17, 15) is 23.5 Å². The standard InChI is InChI=1S/C35H26F2N2O3/c1-21(23-4-6-26(7-5-23)35(41)42)38-34(40)33-20-28(25-8-11-29(36)12-9-25)19-32-15-14-31(39(32)33)17-22-2-3-24-10-13-30(37)18-27(24)16-22/h2-16,18-21H,17H2,1H3,(H,38,40)(H,41,42)/t21-/m0/s1. The van der Waals surface area contributed by atoms with Gasteiger partial charge in [-0.15, -0.1) is 0 Å². The van der Waals surface area contributed by atoms with E-state index in [2.05, 4.69) is 5.32 Å². The number of rotatable bonds is 7. The minimum absolute atomic E-state index is 0.166. The molecule has 0 saturated heterocycles. The van der Waals surface area contributed by atoms with Crippen molar-refractivity contribution >= 4 is 28.2 Å². The smallest absolute Gasteiger partial charge is 0.335 e. The highest BCUT2D eigenvalue weighted by molar-refractivity contribution is 5.96. The average Bonchev–Trinajstić information content (AvgIpc) is 3.39. The van der Waals surface area contributed by atoms with Crippen LogP contribution in [-0.4, -0.2) is 21.4 Å². The first-order chi connectivity index (χ1) is 20.2. The molecule has 0 bridgehead atoms. The Morgan fingerprint density at radius 1 is 0.762 bits per heavy atom. The number of hydrogen-bond donors (Lipinski definition) is 2. The van der Waals surface area contributed by atoms with Crippen LogP contribution < -0.4 is 5.32 Å². The third-order valence-corrected chi connectivity index (χ3v) is 7.50. The summed E-state index contributed by atoms with van der Waals surface area (Å²) in [5.41, 5.74) is 5.48. The lowest BCUT2D eigenvalue weighted by atomic mass is 10.0. The molecule has 2 aromatic heterocycles. The minimum Gasteiger partial charge on any atom is -0.478 e. The van der Waals surface area contributed by atoms with E-state index in [1.807, 2.05) is 47.7 Å². The van der Waals surface area contributed by atoms with Gasteiger partial charge in [0, 0.05) is 17.6 Å². The van der Waals surface area contributed by atoms with E-state index in [4.69, 9.17) is 0 Å². The van der Waals surface area contributed by atoms with Crippen LogP contribution in [0.2, 0.25) is 0 Å². The van der Waals surface area contributed by atoms with Gasteiger partial charge >= 0.3 is 5.97 Å². The number of fused-ring (bicyclic) bond motifs is 2. The number of nitrogens with zero attached hydrogens (tertiary/aromatic N) is 1. The van der Waals surface area contributed by atoms with Crippen LogP contribution in [0.5, 0.6) is 0 Å². The van der Waals surface area contributed by atoms with Gasteiger partial charge in [0.1, 0.15) is 17.3 Å². The molecule has 0 spiro atoms. The van der Waals surface area contributed by atoms with Crippen LogP contribution in [0, 0.1) is 11.6 Å². The Morgan fingerprint density at radius 3 is 2.21 bits per heavy atom. The molecule has 0 radical (unpaired) electrons. The molecule has 5 nitrogen and oxygen atoms in total. The number of halogens is 2. The zero-order chi connectivity index (χ0) is 29.4. The van der Waals surface area contributed by atoms with Gasteiger partial charge in [0.2, 0.25) is 0 Å². The van der Waals surface area contributed by atoms with Gasteiger partial charge in [-0.05, 0) is 101 Å². The second kappa shape index (κ2) is 10.9. The highest BCUT2D eigenvalue weighted by Crippen LogP contribution is 2.28. The topological polar surface area (TPSA) is 70.8 Å². The zero-order valence-electron chi connectivity index (χ0n) is 22.6. The van der Waals surface area contributed by atoms with Crippen molar-refractivity contribution in [1.29, 1.82) is 0 Å². The Kier molecular flexibility index (Phi) is 7.00. The fraction of sp³-hybridized carbons (Fsp3) is 0.0857. The summed E-state index contributed by atoms with van der Waals surface area (Å²) in [6.45, 7) is 1.83. The number of amides is 1. The first-order valence-corrected chi connectivity index (χ1v) is 13.5. The number of carboxylic acids is 1. The molecule has 0 aliphatic carbocycles. The molecule has 2 N–H and O–H groups in total. The van der Waals surface area contributed by atoms with Crippen LogP contribution in [0.3, 0.4) is 0 Å². The molecule has 0 aliphatic rings. The van der Waals surface area contributed by atoms with Gasteiger partial charge in [-0.2, -0.15) is 0 Å². The number of pyridine rings is 1. The monoisotopic (exact) mass is 560 g/mol.